The maximum absolute atomic E-state index is 13.1. The summed E-state index contributed by atoms with van der Waals surface area (Å²) < 4.78 is 39.2. The number of para-hydroxylation sites is 1. The van der Waals surface area contributed by atoms with Crippen LogP contribution in [0.1, 0.15) is 32.7 Å². The zero-order chi connectivity index (χ0) is 27.9. The summed E-state index contributed by atoms with van der Waals surface area (Å²) in [5.41, 5.74) is 12.3. The molecule has 0 saturated carbocycles. The predicted molar refractivity (Wildman–Crippen MR) is 150 cm³/mol. The van der Waals surface area contributed by atoms with Gasteiger partial charge in [0.25, 0.3) is 0 Å². The first-order valence-corrected chi connectivity index (χ1v) is 13.1. The molecular formula is C33H26F3N3O. The van der Waals surface area contributed by atoms with Gasteiger partial charge in [-0.05, 0) is 64.1 Å². The van der Waals surface area contributed by atoms with Crippen LogP contribution < -0.4 is 5.73 Å². The van der Waals surface area contributed by atoms with Gasteiger partial charge in [0.05, 0.1) is 22.3 Å². The SMILES string of the molecule is NC(=O)c1c(-c2ccc(C(F)(F)F)cc2)cccc1-c1ccc2c(c1)CCN(Cc1ccc3ccccc3n1)C2. The number of rotatable bonds is 5. The fourth-order valence-corrected chi connectivity index (χ4v) is 5.48. The Labute approximate surface area is 229 Å². The molecule has 1 aliphatic rings. The number of nitrogens with zero attached hydrogens (tertiary/aromatic N) is 2. The fraction of sp³-hybridized carbons (Fsp3) is 0.152. The average Bonchev–Trinajstić information content (AvgIpc) is 2.96. The van der Waals surface area contributed by atoms with Crippen molar-refractivity contribution in [2.45, 2.75) is 25.7 Å². The smallest absolute Gasteiger partial charge is 0.366 e. The predicted octanol–water partition coefficient (Wildman–Crippen LogP) is 7.24. The molecule has 0 radical (unpaired) electrons. The summed E-state index contributed by atoms with van der Waals surface area (Å²) in [4.78, 5) is 19.8. The Hall–Kier alpha value is -4.49. The summed E-state index contributed by atoms with van der Waals surface area (Å²) in [5, 5.41) is 1.13. The van der Waals surface area contributed by atoms with Crippen LogP contribution in [0.4, 0.5) is 13.2 Å². The number of carbonyl (C=O) groups is 1. The van der Waals surface area contributed by atoms with Gasteiger partial charge in [0.15, 0.2) is 0 Å². The second kappa shape index (κ2) is 10.2. The van der Waals surface area contributed by atoms with Crippen molar-refractivity contribution in [1.29, 1.82) is 0 Å². The van der Waals surface area contributed by atoms with Crippen LogP contribution in [0.5, 0.6) is 0 Å². The molecule has 1 amide bonds. The van der Waals surface area contributed by atoms with Crippen molar-refractivity contribution in [3.63, 3.8) is 0 Å². The molecule has 4 aromatic carbocycles. The van der Waals surface area contributed by atoms with E-state index in [9.17, 15) is 18.0 Å². The lowest BCUT2D eigenvalue weighted by Crippen LogP contribution is -2.30. The maximum Gasteiger partial charge on any atom is 0.416 e. The Bertz CT molecular complexity index is 1730. The van der Waals surface area contributed by atoms with Crippen LogP contribution in [0, 0.1) is 0 Å². The topological polar surface area (TPSA) is 59.2 Å². The molecule has 7 heteroatoms. The summed E-state index contributed by atoms with van der Waals surface area (Å²) in [6.45, 7) is 2.42. The second-order valence-corrected chi connectivity index (χ2v) is 10.1. The molecule has 0 atom stereocenters. The Morgan fingerprint density at radius 1 is 0.825 bits per heavy atom. The van der Waals surface area contributed by atoms with E-state index in [0.29, 0.717) is 22.3 Å². The number of fused-ring (bicyclic) bond motifs is 2. The standard InChI is InChI=1S/C33H26F3N3O/c34-33(35,36)26-13-10-21(11-14-26)28-5-3-6-29(31(28)32(37)40)24-8-9-25-19-39(17-16-23(25)18-24)20-27-15-12-22-4-1-2-7-30(22)38-27/h1-15,18H,16-17,19-20H2,(H2,37,40). The number of primary amides is 1. The van der Waals surface area contributed by atoms with E-state index in [-0.39, 0.29) is 0 Å². The van der Waals surface area contributed by atoms with Crippen molar-refractivity contribution in [2.24, 2.45) is 5.73 Å². The number of halogens is 3. The minimum Gasteiger partial charge on any atom is -0.366 e. The van der Waals surface area contributed by atoms with Gasteiger partial charge in [0, 0.05) is 25.0 Å². The molecule has 0 saturated heterocycles. The van der Waals surface area contributed by atoms with Crippen molar-refractivity contribution in [1.82, 2.24) is 9.88 Å². The summed E-state index contributed by atoms with van der Waals surface area (Å²) in [6.07, 6.45) is -3.58. The molecule has 4 nitrogen and oxygen atoms in total. The zero-order valence-corrected chi connectivity index (χ0v) is 21.6. The molecular weight excluding hydrogens is 511 g/mol. The van der Waals surface area contributed by atoms with E-state index in [0.717, 1.165) is 60.3 Å². The van der Waals surface area contributed by atoms with Gasteiger partial charge < -0.3 is 5.73 Å². The average molecular weight is 538 g/mol. The van der Waals surface area contributed by atoms with Gasteiger partial charge in [0.1, 0.15) is 0 Å². The van der Waals surface area contributed by atoms with E-state index in [4.69, 9.17) is 10.7 Å². The van der Waals surface area contributed by atoms with Gasteiger partial charge in [-0.1, -0.05) is 72.8 Å². The Morgan fingerprint density at radius 2 is 1.55 bits per heavy atom. The van der Waals surface area contributed by atoms with Crippen LogP contribution in [0.3, 0.4) is 0 Å². The molecule has 0 unspecified atom stereocenters. The van der Waals surface area contributed by atoms with E-state index in [2.05, 4.69) is 35.2 Å². The van der Waals surface area contributed by atoms with E-state index in [1.54, 1.807) is 12.1 Å². The van der Waals surface area contributed by atoms with Crippen LogP contribution in [0.25, 0.3) is 33.2 Å². The molecule has 1 aliphatic heterocycles. The lowest BCUT2D eigenvalue weighted by Gasteiger charge is -2.29. The molecule has 6 rings (SSSR count). The van der Waals surface area contributed by atoms with Gasteiger partial charge in [0.2, 0.25) is 5.91 Å². The first kappa shape index (κ1) is 25.8. The minimum absolute atomic E-state index is 0.294. The Kier molecular flexibility index (Phi) is 6.60. The van der Waals surface area contributed by atoms with Gasteiger partial charge in [-0.2, -0.15) is 13.2 Å². The highest BCUT2D eigenvalue weighted by atomic mass is 19.4. The Morgan fingerprint density at radius 3 is 2.30 bits per heavy atom. The number of carbonyl (C=O) groups excluding carboxylic acids is 1. The molecule has 0 aliphatic carbocycles. The summed E-state index contributed by atoms with van der Waals surface area (Å²) in [6, 6.07) is 28.6. The number of aromatic nitrogens is 1. The number of benzene rings is 4. The van der Waals surface area contributed by atoms with Crippen molar-refractivity contribution in [3.05, 3.63) is 125 Å². The van der Waals surface area contributed by atoms with Crippen molar-refractivity contribution in [3.8, 4) is 22.3 Å². The number of alkyl halides is 3. The van der Waals surface area contributed by atoms with Gasteiger partial charge in [-0.3, -0.25) is 14.7 Å². The quantitative estimate of drug-likeness (QED) is 0.257. The van der Waals surface area contributed by atoms with E-state index >= 15 is 0 Å². The number of nitrogens with two attached hydrogens (primary N) is 1. The van der Waals surface area contributed by atoms with Crippen molar-refractivity contribution in [2.75, 3.05) is 6.54 Å². The summed E-state index contributed by atoms with van der Waals surface area (Å²) >= 11 is 0. The number of hydrogen-bond donors (Lipinski definition) is 1. The normalized spacial score (nSPS) is 13.8. The molecule has 0 bridgehead atoms. The molecule has 2 N–H and O–H groups in total. The van der Waals surface area contributed by atoms with Gasteiger partial charge >= 0.3 is 6.18 Å². The van der Waals surface area contributed by atoms with Crippen LogP contribution in [-0.4, -0.2) is 22.3 Å². The van der Waals surface area contributed by atoms with E-state index < -0.39 is 17.6 Å². The highest BCUT2D eigenvalue weighted by molar-refractivity contribution is 6.06. The van der Waals surface area contributed by atoms with Crippen LogP contribution in [0.2, 0.25) is 0 Å². The monoisotopic (exact) mass is 537 g/mol. The molecule has 0 fully saturated rings. The second-order valence-electron chi connectivity index (χ2n) is 10.1. The fourth-order valence-electron chi connectivity index (χ4n) is 5.48. The highest BCUT2D eigenvalue weighted by Crippen LogP contribution is 2.36. The van der Waals surface area contributed by atoms with E-state index in [1.165, 1.54) is 23.3 Å². The maximum atomic E-state index is 13.1. The first-order valence-electron chi connectivity index (χ1n) is 13.1. The number of hydrogen-bond acceptors (Lipinski definition) is 3. The Balaban J connectivity index is 1.27. The lowest BCUT2D eigenvalue weighted by atomic mass is 9.88. The van der Waals surface area contributed by atoms with E-state index in [1.807, 2.05) is 30.3 Å². The minimum atomic E-state index is -4.43. The van der Waals surface area contributed by atoms with Gasteiger partial charge in [-0.15, -0.1) is 0 Å². The van der Waals surface area contributed by atoms with Crippen molar-refractivity contribution >= 4 is 16.8 Å². The number of pyridine rings is 1. The first-order chi connectivity index (χ1) is 19.3. The lowest BCUT2D eigenvalue weighted by molar-refractivity contribution is -0.137. The van der Waals surface area contributed by atoms with Crippen LogP contribution >= 0.6 is 0 Å². The molecule has 5 aromatic rings. The van der Waals surface area contributed by atoms with Crippen LogP contribution in [-0.2, 0) is 25.7 Å². The summed E-state index contributed by atoms with van der Waals surface area (Å²) in [5.74, 6) is -0.628. The van der Waals surface area contributed by atoms with Crippen LogP contribution in [0.15, 0.2) is 97.1 Å². The molecule has 0 spiro atoms. The number of amides is 1. The molecule has 2 heterocycles. The van der Waals surface area contributed by atoms with Crippen molar-refractivity contribution < 1.29 is 18.0 Å². The molecule has 1 aromatic heterocycles. The molecule has 40 heavy (non-hydrogen) atoms. The molecule has 200 valence electrons. The van der Waals surface area contributed by atoms with Gasteiger partial charge in [-0.25, -0.2) is 0 Å². The third-order valence-electron chi connectivity index (χ3n) is 7.48. The third-order valence-corrected chi connectivity index (χ3v) is 7.48. The third kappa shape index (κ3) is 5.08. The zero-order valence-electron chi connectivity index (χ0n) is 21.6. The highest BCUT2D eigenvalue weighted by Gasteiger charge is 2.30. The summed E-state index contributed by atoms with van der Waals surface area (Å²) in [7, 11) is 0. The largest absolute Gasteiger partial charge is 0.416 e.